The van der Waals surface area contributed by atoms with Gasteiger partial charge in [-0.05, 0) is 79.8 Å². The van der Waals surface area contributed by atoms with Crippen LogP contribution in [0.5, 0.6) is 5.75 Å². The van der Waals surface area contributed by atoms with Crippen molar-refractivity contribution in [2.75, 3.05) is 5.32 Å². The van der Waals surface area contributed by atoms with E-state index >= 15 is 0 Å². The summed E-state index contributed by atoms with van der Waals surface area (Å²) in [7, 11) is 0. The molecule has 0 fully saturated rings. The lowest BCUT2D eigenvalue weighted by atomic mass is 9.92. The molecule has 0 heterocycles. The molecule has 5 heteroatoms. The van der Waals surface area contributed by atoms with Crippen molar-refractivity contribution in [1.29, 1.82) is 5.26 Å². The van der Waals surface area contributed by atoms with Crippen molar-refractivity contribution in [3.05, 3.63) is 58.7 Å². The number of nitrogens with one attached hydrogen (secondary N) is 1. The Bertz CT molecular complexity index is 849. The first-order valence-electron chi connectivity index (χ1n) is 9.01. The van der Waals surface area contributed by atoms with Gasteiger partial charge in [0.25, 0.3) is 0 Å². The van der Waals surface area contributed by atoms with Crippen LogP contribution in [0.4, 0.5) is 5.69 Å². The van der Waals surface area contributed by atoms with Crippen molar-refractivity contribution in [1.82, 2.24) is 0 Å². The van der Waals surface area contributed by atoms with Crippen LogP contribution in [0.15, 0.2) is 36.4 Å². The van der Waals surface area contributed by atoms with Crippen molar-refractivity contribution < 1.29 is 14.6 Å². The Morgan fingerprint density at radius 3 is 2.22 bits per heavy atom. The molecule has 0 aliphatic carbocycles. The van der Waals surface area contributed by atoms with Crippen LogP contribution in [0.1, 0.15) is 61.9 Å². The average molecular weight is 365 g/mol. The number of hydrogen-bond acceptors (Lipinski definition) is 5. The monoisotopic (exact) mass is 365 g/mol. The minimum absolute atomic E-state index is 0.0291. The molecule has 0 spiro atoms. The van der Waals surface area contributed by atoms with Crippen molar-refractivity contribution in [3.8, 4) is 11.8 Å². The van der Waals surface area contributed by atoms with E-state index in [1.165, 1.54) is 0 Å². The molecule has 142 valence electrons. The predicted octanol–water partition coefficient (Wildman–Crippen LogP) is 3.68. The molecule has 0 radical (unpaired) electrons. The van der Waals surface area contributed by atoms with Gasteiger partial charge in [0.15, 0.2) is 0 Å². The van der Waals surface area contributed by atoms with Crippen LogP contribution in [0.25, 0.3) is 0 Å². The number of anilines is 1. The van der Waals surface area contributed by atoms with E-state index in [2.05, 4.69) is 5.32 Å². The fourth-order valence-electron chi connectivity index (χ4n) is 2.91. The summed E-state index contributed by atoms with van der Waals surface area (Å²) in [5.41, 5.74) is 3.52. The van der Waals surface area contributed by atoms with Crippen molar-refractivity contribution in [3.63, 3.8) is 0 Å². The van der Waals surface area contributed by atoms with Gasteiger partial charge in [-0.15, -0.1) is 0 Å². The molecular formula is C22H25N2O3-. The number of nitriles is 1. The Morgan fingerprint density at radius 1 is 1.11 bits per heavy atom. The van der Waals surface area contributed by atoms with Crippen LogP contribution >= 0.6 is 0 Å². The van der Waals surface area contributed by atoms with E-state index in [-0.39, 0.29) is 12.0 Å². The van der Waals surface area contributed by atoms with Gasteiger partial charge in [0.2, 0.25) is 0 Å². The number of carboxylic acids is 1. The Morgan fingerprint density at radius 2 is 1.74 bits per heavy atom. The van der Waals surface area contributed by atoms with E-state index in [0.29, 0.717) is 16.8 Å². The summed E-state index contributed by atoms with van der Waals surface area (Å²) in [6.45, 7) is 9.88. The third kappa shape index (κ3) is 5.01. The highest BCUT2D eigenvalue weighted by molar-refractivity contribution is 5.78. The third-order valence-electron chi connectivity index (χ3n) is 4.25. The predicted molar refractivity (Wildman–Crippen MR) is 104 cm³/mol. The zero-order chi connectivity index (χ0) is 20.1. The topological polar surface area (TPSA) is 85.2 Å². The molecular weight excluding hydrogens is 340 g/mol. The summed E-state index contributed by atoms with van der Waals surface area (Å²) in [4.78, 5) is 11.9. The summed E-state index contributed by atoms with van der Waals surface area (Å²) >= 11 is 0. The minimum atomic E-state index is -1.21. The second-order valence-electron chi connectivity index (χ2n) is 7.15. The zero-order valence-corrected chi connectivity index (χ0v) is 16.4. The lowest BCUT2D eigenvalue weighted by Crippen LogP contribution is -2.34. The summed E-state index contributed by atoms with van der Waals surface area (Å²) in [5, 5.41) is 23.8. The number of hydrogen-bond donors (Lipinski definition) is 1. The standard InChI is InChI=1S/C22H26N2O3/c1-13(2)18-11-19(15(5)10-20(18)27-14(3)4)21(22(25)26)24-17-8-6-16(12-23)7-9-17/h6-11,13-14,21,24H,1-5H3,(H,25,26)/p-1. The lowest BCUT2D eigenvalue weighted by Gasteiger charge is -2.26. The SMILES string of the molecule is Cc1cc(OC(C)C)c(C(C)C)cc1C(Nc1ccc(C#N)cc1)C(=O)[O-]. The molecule has 5 nitrogen and oxygen atoms in total. The molecule has 0 aromatic heterocycles. The van der Waals surface area contributed by atoms with Gasteiger partial charge < -0.3 is 20.0 Å². The smallest absolute Gasteiger partial charge is 0.123 e. The number of ether oxygens (including phenoxy) is 1. The molecule has 1 N–H and O–H groups in total. The molecule has 0 amide bonds. The van der Waals surface area contributed by atoms with Gasteiger partial charge in [-0.2, -0.15) is 5.26 Å². The van der Waals surface area contributed by atoms with Crippen molar-refractivity contribution in [2.45, 2.75) is 52.7 Å². The van der Waals surface area contributed by atoms with E-state index < -0.39 is 12.0 Å². The molecule has 1 unspecified atom stereocenters. The number of benzene rings is 2. The molecule has 2 aromatic carbocycles. The zero-order valence-electron chi connectivity index (χ0n) is 16.4. The van der Waals surface area contributed by atoms with Gasteiger partial charge in [0, 0.05) is 5.69 Å². The Kier molecular flexibility index (Phi) is 6.46. The van der Waals surface area contributed by atoms with Gasteiger partial charge in [-0.3, -0.25) is 0 Å². The summed E-state index contributed by atoms with van der Waals surface area (Å²) in [6.07, 6.45) is 0.0291. The molecule has 2 aromatic rings. The maximum Gasteiger partial charge on any atom is 0.123 e. The number of aliphatic carboxylic acids is 1. The van der Waals surface area contributed by atoms with Crippen LogP contribution in [-0.2, 0) is 4.79 Å². The van der Waals surface area contributed by atoms with Gasteiger partial charge in [-0.1, -0.05) is 13.8 Å². The number of carbonyl (C=O) groups is 1. The maximum atomic E-state index is 11.9. The molecule has 27 heavy (non-hydrogen) atoms. The summed E-state index contributed by atoms with van der Waals surface area (Å²) in [5.74, 6) is -0.262. The first-order chi connectivity index (χ1) is 12.7. The van der Waals surface area contributed by atoms with Crippen LogP contribution in [0, 0.1) is 18.3 Å². The Hall–Kier alpha value is -3.00. The summed E-state index contributed by atoms with van der Waals surface area (Å²) < 4.78 is 5.91. The Labute approximate surface area is 160 Å². The second-order valence-corrected chi connectivity index (χ2v) is 7.15. The molecule has 0 bridgehead atoms. The number of carbonyl (C=O) groups excluding carboxylic acids is 1. The minimum Gasteiger partial charge on any atom is -0.548 e. The van der Waals surface area contributed by atoms with Crippen LogP contribution < -0.4 is 15.2 Å². The van der Waals surface area contributed by atoms with Crippen molar-refractivity contribution >= 4 is 11.7 Å². The first kappa shape index (κ1) is 20.3. The molecule has 0 saturated heterocycles. The molecule has 1 atom stereocenters. The number of nitrogens with zero attached hydrogens (tertiary/aromatic N) is 1. The number of carboxylic acid groups (broad SMARTS) is 1. The van der Waals surface area contributed by atoms with Crippen LogP contribution in [0.3, 0.4) is 0 Å². The molecule has 0 aliphatic rings. The fourth-order valence-corrected chi connectivity index (χ4v) is 2.91. The van der Waals surface area contributed by atoms with E-state index in [1.54, 1.807) is 24.3 Å². The maximum absolute atomic E-state index is 11.9. The van der Waals surface area contributed by atoms with Gasteiger partial charge in [-0.25, -0.2) is 0 Å². The van der Waals surface area contributed by atoms with E-state index in [0.717, 1.165) is 16.9 Å². The largest absolute Gasteiger partial charge is 0.548 e. The normalized spacial score (nSPS) is 11.9. The van der Waals surface area contributed by atoms with E-state index in [9.17, 15) is 9.90 Å². The van der Waals surface area contributed by atoms with Crippen LogP contribution in [-0.4, -0.2) is 12.1 Å². The highest BCUT2D eigenvalue weighted by Crippen LogP contribution is 2.34. The van der Waals surface area contributed by atoms with Gasteiger partial charge >= 0.3 is 0 Å². The number of aryl methyl sites for hydroxylation is 1. The molecule has 2 rings (SSSR count). The first-order valence-corrected chi connectivity index (χ1v) is 9.01. The lowest BCUT2D eigenvalue weighted by molar-refractivity contribution is -0.307. The third-order valence-corrected chi connectivity index (χ3v) is 4.25. The highest BCUT2D eigenvalue weighted by Gasteiger charge is 2.20. The van der Waals surface area contributed by atoms with Gasteiger partial charge in [0.1, 0.15) is 5.75 Å². The van der Waals surface area contributed by atoms with E-state index in [4.69, 9.17) is 10.00 Å². The molecule has 0 saturated carbocycles. The fraction of sp³-hybridized carbons (Fsp3) is 0.364. The number of rotatable bonds is 7. The van der Waals surface area contributed by atoms with E-state index in [1.807, 2.05) is 52.8 Å². The average Bonchev–Trinajstić information content (AvgIpc) is 2.59. The van der Waals surface area contributed by atoms with Gasteiger partial charge in [0.05, 0.1) is 29.7 Å². The van der Waals surface area contributed by atoms with Crippen LogP contribution in [0.2, 0.25) is 0 Å². The summed E-state index contributed by atoms with van der Waals surface area (Å²) in [6, 6.07) is 11.5. The van der Waals surface area contributed by atoms with Crippen molar-refractivity contribution in [2.24, 2.45) is 0 Å². The highest BCUT2D eigenvalue weighted by atomic mass is 16.5. The molecule has 0 aliphatic heterocycles. The quantitative estimate of drug-likeness (QED) is 0.809. The Balaban J connectivity index is 2.45. The second kappa shape index (κ2) is 8.59.